The SMILES string of the molecule is C=C/C=C\C=C/CN1c2c(cc(-c3ccc4c5ccccc5n(-c5nc(C/C=C\c6ccccc6C=C)c6ccccc6n5)c4c3)c3ccccc23)[C@@H]2C=CC=CC21. The second kappa shape index (κ2) is 15.0. The van der Waals surface area contributed by atoms with Crippen molar-refractivity contribution in [2.75, 3.05) is 11.4 Å². The molecule has 1 unspecified atom stereocenters. The van der Waals surface area contributed by atoms with Crippen LogP contribution in [0.1, 0.15) is 28.3 Å². The Morgan fingerprint density at radius 3 is 2.22 bits per heavy atom. The van der Waals surface area contributed by atoms with Gasteiger partial charge in [0.1, 0.15) is 0 Å². The van der Waals surface area contributed by atoms with Gasteiger partial charge in [-0.05, 0) is 57.5 Å². The summed E-state index contributed by atoms with van der Waals surface area (Å²) in [6, 6.07) is 43.8. The molecule has 2 atom stereocenters. The van der Waals surface area contributed by atoms with Crippen LogP contribution in [-0.2, 0) is 6.42 Å². The first-order chi connectivity index (χ1) is 28.7. The molecule has 2 aromatic heterocycles. The third kappa shape index (κ3) is 6.02. The van der Waals surface area contributed by atoms with Gasteiger partial charge in [-0.15, -0.1) is 0 Å². The van der Waals surface area contributed by atoms with Crippen LogP contribution in [-0.4, -0.2) is 27.1 Å². The van der Waals surface area contributed by atoms with E-state index in [4.69, 9.17) is 9.97 Å². The Hall–Kier alpha value is -7.30. The van der Waals surface area contributed by atoms with E-state index in [1.165, 1.54) is 43.9 Å². The number of allylic oxidation sites excluding steroid dienone is 7. The fourth-order valence-electron chi connectivity index (χ4n) is 9.02. The zero-order valence-electron chi connectivity index (χ0n) is 32.2. The van der Waals surface area contributed by atoms with Crippen molar-refractivity contribution in [2.24, 2.45) is 0 Å². The predicted molar refractivity (Wildman–Crippen MR) is 247 cm³/mol. The maximum atomic E-state index is 5.36. The predicted octanol–water partition coefficient (Wildman–Crippen LogP) is 13.1. The fourth-order valence-corrected chi connectivity index (χ4v) is 9.02. The minimum atomic E-state index is 0.252. The number of hydrogen-bond acceptors (Lipinski definition) is 3. The Labute approximate surface area is 339 Å². The van der Waals surface area contributed by atoms with Crippen molar-refractivity contribution < 1.29 is 0 Å². The number of rotatable bonds is 10. The summed E-state index contributed by atoms with van der Waals surface area (Å²) in [6.07, 6.45) is 26.2. The van der Waals surface area contributed by atoms with Gasteiger partial charge in [0.05, 0.1) is 28.3 Å². The van der Waals surface area contributed by atoms with E-state index in [0.29, 0.717) is 12.4 Å². The van der Waals surface area contributed by atoms with E-state index in [0.717, 1.165) is 45.3 Å². The minimum absolute atomic E-state index is 0.252. The molecule has 0 bridgehead atoms. The first-order valence-electron chi connectivity index (χ1n) is 20.0. The van der Waals surface area contributed by atoms with Gasteiger partial charge in [0.2, 0.25) is 5.95 Å². The molecule has 4 heteroatoms. The normalized spacial score (nSPS) is 16.2. The van der Waals surface area contributed by atoms with Crippen molar-refractivity contribution >= 4 is 61.3 Å². The van der Waals surface area contributed by atoms with Crippen LogP contribution < -0.4 is 4.90 Å². The Kier molecular flexibility index (Phi) is 9.08. The summed E-state index contributed by atoms with van der Waals surface area (Å²) in [5.41, 5.74) is 11.4. The van der Waals surface area contributed by atoms with Gasteiger partial charge >= 0.3 is 0 Å². The number of nitrogens with zero attached hydrogens (tertiary/aromatic N) is 4. The molecule has 0 N–H and O–H groups in total. The van der Waals surface area contributed by atoms with E-state index in [1.54, 1.807) is 0 Å². The summed E-state index contributed by atoms with van der Waals surface area (Å²) in [5.74, 6) is 0.934. The van der Waals surface area contributed by atoms with Crippen LogP contribution >= 0.6 is 0 Å². The lowest BCUT2D eigenvalue weighted by molar-refractivity contribution is 0.702. The van der Waals surface area contributed by atoms with Gasteiger partial charge in [-0.3, -0.25) is 4.57 Å². The summed E-state index contributed by atoms with van der Waals surface area (Å²) in [4.78, 5) is 13.2. The molecule has 3 heterocycles. The first kappa shape index (κ1) is 35.1. The van der Waals surface area contributed by atoms with E-state index < -0.39 is 0 Å². The molecule has 0 saturated carbocycles. The third-order valence-corrected chi connectivity index (χ3v) is 11.6. The third-order valence-electron chi connectivity index (χ3n) is 11.6. The Morgan fingerprint density at radius 2 is 1.36 bits per heavy atom. The summed E-state index contributed by atoms with van der Waals surface area (Å²) in [6.45, 7) is 8.64. The van der Waals surface area contributed by atoms with Crippen molar-refractivity contribution in [2.45, 2.75) is 18.4 Å². The van der Waals surface area contributed by atoms with Crippen molar-refractivity contribution in [3.8, 4) is 17.1 Å². The van der Waals surface area contributed by atoms with Crippen LogP contribution in [0.2, 0.25) is 0 Å². The molecule has 0 amide bonds. The smallest absolute Gasteiger partial charge is 0.235 e. The van der Waals surface area contributed by atoms with Crippen LogP contribution in [0.4, 0.5) is 5.69 Å². The largest absolute Gasteiger partial charge is 0.360 e. The maximum absolute atomic E-state index is 5.36. The molecular formula is C54H42N4. The zero-order chi connectivity index (χ0) is 39.0. The maximum Gasteiger partial charge on any atom is 0.235 e. The number of anilines is 1. The highest BCUT2D eigenvalue weighted by atomic mass is 15.2. The van der Waals surface area contributed by atoms with Gasteiger partial charge in [-0.1, -0.05) is 183 Å². The van der Waals surface area contributed by atoms with Crippen molar-refractivity contribution in [1.29, 1.82) is 0 Å². The Morgan fingerprint density at radius 1 is 0.621 bits per heavy atom. The number of para-hydroxylation sites is 2. The van der Waals surface area contributed by atoms with Crippen LogP contribution in [0.3, 0.4) is 0 Å². The second-order valence-electron chi connectivity index (χ2n) is 14.9. The summed E-state index contributed by atoms with van der Waals surface area (Å²) >= 11 is 0. The number of fused-ring (bicyclic) bond motifs is 9. The molecule has 0 spiro atoms. The lowest BCUT2D eigenvalue weighted by Gasteiger charge is -2.28. The van der Waals surface area contributed by atoms with Gasteiger partial charge in [0, 0.05) is 46.1 Å². The molecule has 4 nitrogen and oxygen atoms in total. The lowest BCUT2D eigenvalue weighted by Crippen LogP contribution is -2.33. The molecule has 1 aliphatic heterocycles. The van der Waals surface area contributed by atoms with Gasteiger partial charge in [0.25, 0.3) is 0 Å². The highest BCUT2D eigenvalue weighted by Gasteiger charge is 2.37. The molecule has 2 aliphatic rings. The fraction of sp³-hybridized carbons (Fsp3) is 0.0741. The molecule has 8 aromatic rings. The van der Waals surface area contributed by atoms with E-state index >= 15 is 0 Å². The summed E-state index contributed by atoms with van der Waals surface area (Å²) in [5, 5.41) is 5.92. The molecular weight excluding hydrogens is 705 g/mol. The van der Waals surface area contributed by atoms with E-state index in [2.05, 4.69) is 186 Å². The van der Waals surface area contributed by atoms with Crippen LogP contribution in [0, 0.1) is 0 Å². The highest BCUT2D eigenvalue weighted by Crippen LogP contribution is 2.50. The molecule has 0 saturated heterocycles. The number of aromatic nitrogens is 3. The average Bonchev–Trinajstić information content (AvgIpc) is 3.78. The first-order valence-corrected chi connectivity index (χ1v) is 20.0. The van der Waals surface area contributed by atoms with Crippen molar-refractivity contribution in [3.05, 3.63) is 218 Å². The monoisotopic (exact) mass is 746 g/mol. The molecule has 1 aliphatic carbocycles. The summed E-state index contributed by atoms with van der Waals surface area (Å²) in [7, 11) is 0. The van der Waals surface area contributed by atoms with E-state index in [-0.39, 0.29) is 12.0 Å². The van der Waals surface area contributed by atoms with Gasteiger partial charge in [-0.25, -0.2) is 9.97 Å². The minimum Gasteiger partial charge on any atom is -0.360 e. The van der Waals surface area contributed by atoms with E-state index in [1.807, 2.05) is 30.4 Å². The quantitative estimate of drug-likeness (QED) is 0.131. The van der Waals surface area contributed by atoms with Crippen LogP contribution in [0.25, 0.3) is 72.7 Å². The number of benzene rings is 6. The average molecular weight is 747 g/mol. The van der Waals surface area contributed by atoms with Crippen LogP contribution in [0.5, 0.6) is 0 Å². The lowest BCUT2D eigenvalue weighted by atomic mass is 9.87. The van der Waals surface area contributed by atoms with Crippen LogP contribution in [0.15, 0.2) is 195 Å². The Balaban J connectivity index is 1.13. The topological polar surface area (TPSA) is 34.0 Å². The molecule has 58 heavy (non-hydrogen) atoms. The van der Waals surface area contributed by atoms with Gasteiger partial charge < -0.3 is 4.90 Å². The molecule has 0 fully saturated rings. The summed E-state index contributed by atoms with van der Waals surface area (Å²) < 4.78 is 2.26. The van der Waals surface area contributed by atoms with Gasteiger partial charge in [-0.2, -0.15) is 0 Å². The molecule has 10 rings (SSSR count). The number of hydrogen-bond donors (Lipinski definition) is 0. The molecule has 278 valence electrons. The zero-order valence-corrected chi connectivity index (χ0v) is 32.2. The standard InChI is InChI=1S/C54H42N4/c1-3-5-6-7-18-34-57-50-30-16-13-25-42(50)47-36-46(40-23-10-11-26-44(40)53(47)57)39-32-33-43-41-24-14-17-31-51(41)58(52(43)35-39)54-55-48-28-15-12-27-45(48)49(56-54)29-19-22-38-21-9-8-20-37(38)4-2/h3-28,30-33,35-36,42,50H,1-2,29,34H2/b6-5-,18-7-,22-19-/t42-,50?/m0/s1. The van der Waals surface area contributed by atoms with E-state index in [9.17, 15) is 0 Å². The van der Waals surface area contributed by atoms with Crippen molar-refractivity contribution in [3.63, 3.8) is 0 Å². The highest BCUT2D eigenvalue weighted by molar-refractivity contribution is 6.12. The Bertz CT molecular complexity index is 3080. The molecule has 0 radical (unpaired) electrons. The molecule has 6 aromatic carbocycles. The second-order valence-corrected chi connectivity index (χ2v) is 14.9. The van der Waals surface area contributed by atoms with Crippen molar-refractivity contribution in [1.82, 2.24) is 14.5 Å². The van der Waals surface area contributed by atoms with Gasteiger partial charge in [0.15, 0.2) is 0 Å².